The summed E-state index contributed by atoms with van der Waals surface area (Å²) in [4.78, 5) is 41.8. The molecule has 0 aliphatic heterocycles. The Morgan fingerprint density at radius 3 is 2.16 bits per heavy atom. The van der Waals surface area contributed by atoms with Gasteiger partial charge in [-0.05, 0) is 48.4 Å². The molecule has 3 aromatic rings. The van der Waals surface area contributed by atoms with E-state index in [1.807, 2.05) is 13.8 Å². The van der Waals surface area contributed by atoms with Gasteiger partial charge in [-0.3, -0.25) is 19.4 Å². The lowest BCUT2D eigenvalue weighted by Crippen LogP contribution is -2.47. The molecule has 164 valence electrons. The lowest BCUT2D eigenvalue weighted by molar-refractivity contribution is -0.118. The van der Waals surface area contributed by atoms with Crippen molar-refractivity contribution in [3.05, 3.63) is 89.2 Å². The summed E-state index contributed by atoms with van der Waals surface area (Å²) in [7, 11) is 0. The van der Waals surface area contributed by atoms with Gasteiger partial charge < -0.3 is 16.0 Å². The molecule has 0 aliphatic rings. The average Bonchev–Trinajstić information content (AvgIpc) is 2.78. The van der Waals surface area contributed by atoms with Crippen LogP contribution in [-0.4, -0.2) is 28.7 Å². The van der Waals surface area contributed by atoms with E-state index in [-0.39, 0.29) is 17.7 Å². The maximum atomic E-state index is 12.9. The van der Waals surface area contributed by atoms with E-state index in [1.54, 1.807) is 60.7 Å². The first-order valence-electron chi connectivity index (χ1n) is 10.0. The first-order chi connectivity index (χ1) is 15.3. The molecule has 1 aromatic heterocycles. The fraction of sp³-hybridized carbons (Fsp3) is 0.167. The van der Waals surface area contributed by atoms with Crippen molar-refractivity contribution in [1.29, 1.82) is 0 Å². The standard InChI is InChI=1S/C24H23ClN4O3/c1-15(2)21(29-23(31)19-8-3-4-9-20(19)25)24(32)28-18-7-5-6-17(14-18)27-22(30)16-10-12-26-13-11-16/h3-15,21H,1-2H3,(H,27,30)(H,28,32)(H,29,31). The monoisotopic (exact) mass is 450 g/mol. The molecule has 2 aromatic carbocycles. The van der Waals surface area contributed by atoms with Crippen LogP contribution >= 0.6 is 11.6 Å². The van der Waals surface area contributed by atoms with Crippen molar-refractivity contribution in [3.8, 4) is 0 Å². The minimum atomic E-state index is -0.783. The van der Waals surface area contributed by atoms with Crippen LogP contribution in [-0.2, 0) is 4.79 Å². The zero-order chi connectivity index (χ0) is 23.1. The van der Waals surface area contributed by atoms with E-state index in [9.17, 15) is 14.4 Å². The van der Waals surface area contributed by atoms with Gasteiger partial charge in [-0.1, -0.05) is 43.6 Å². The van der Waals surface area contributed by atoms with Crippen molar-refractivity contribution in [2.24, 2.45) is 5.92 Å². The van der Waals surface area contributed by atoms with Gasteiger partial charge in [-0.15, -0.1) is 0 Å². The molecule has 0 saturated carbocycles. The van der Waals surface area contributed by atoms with Crippen LogP contribution in [0.25, 0.3) is 0 Å². The minimum absolute atomic E-state index is 0.170. The van der Waals surface area contributed by atoms with Crippen LogP contribution in [0.5, 0.6) is 0 Å². The van der Waals surface area contributed by atoms with E-state index >= 15 is 0 Å². The van der Waals surface area contributed by atoms with E-state index in [4.69, 9.17) is 11.6 Å². The molecule has 0 bridgehead atoms. The van der Waals surface area contributed by atoms with Crippen molar-refractivity contribution in [3.63, 3.8) is 0 Å². The number of carbonyl (C=O) groups is 3. The van der Waals surface area contributed by atoms with Gasteiger partial charge in [-0.2, -0.15) is 0 Å². The Balaban J connectivity index is 1.69. The molecular weight excluding hydrogens is 428 g/mol. The van der Waals surface area contributed by atoms with Crippen LogP contribution in [0.4, 0.5) is 11.4 Å². The Morgan fingerprint density at radius 1 is 0.844 bits per heavy atom. The number of halogens is 1. The van der Waals surface area contributed by atoms with Crippen LogP contribution in [0, 0.1) is 5.92 Å². The second-order valence-electron chi connectivity index (χ2n) is 7.44. The van der Waals surface area contributed by atoms with Gasteiger partial charge in [0.15, 0.2) is 0 Å². The largest absolute Gasteiger partial charge is 0.340 e. The summed E-state index contributed by atoms with van der Waals surface area (Å²) in [6, 6.07) is 15.9. The van der Waals surface area contributed by atoms with Crippen molar-refractivity contribution < 1.29 is 14.4 Å². The van der Waals surface area contributed by atoms with Gasteiger partial charge in [0, 0.05) is 29.3 Å². The van der Waals surface area contributed by atoms with E-state index in [1.165, 1.54) is 12.4 Å². The molecule has 0 spiro atoms. The minimum Gasteiger partial charge on any atom is -0.340 e. The van der Waals surface area contributed by atoms with Crippen LogP contribution in [0.1, 0.15) is 34.6 Å². The molecule has 3 N–H and O–H groups in total. The van der Waals surface area contributed by atoms with E-state index in [0.717, 1.165) is 0 Å². The normalized spacial score (nSPS) is 11.5. The van der Waals surface area contributed by atoms with Crippen LogP contribution in [0.3, 0.4) is 0 Å². The van der Waals surface area contributed by atoms with Crippen molar-refractivity contribution in [2.75, 3.05) is 10.6 Å². The van der Waals surface area contributed by atoms with Crippen molar-refractivity contribution in [2.45, 2.75) is 19.9 Å². The lowest BCUT2D eigenvalue weighted by Gasteiger charge is -2.22. The summed E-state index contributed by atoms with van der Waals surface area (Å²) in [5, 5.41) is 8.64. The molecule has 0 fully saturated rings. The molecule has 7 nitrogen and oxygen atoms in total. The maximum absolute atomic E-state index is 12.9. The molecule has 1 atom stereocenters. The van der Waals surface area contributed by atoms with Gasteiger partial charge in [0.2, 0.25) is 5.91 Å². The molecule has 8 heteroatoms. The highest BCUT2D eigenvalue weighted by Gasteiger charge is 2.25. The number of rotatable bonds is 7. The lowest BCUT2D eigenvalue weighted by atomic mass is 10.0. The highest BCUT2D eigenvalue weighted by Crippen LogP contribution is 2.18. The number of pyridine rings is 1. The smallest absolute Gasteiger partial charge is 0.255 e. The molecule has 1 heterocycles. The SMILES string of the molecule is CC(C)C(NC(=O)c1ccccc1Cl)C(=O)Nc1cccc(NC(=O)c2ccncc2)c1. The zero-order valence-electron chi connectivity index (χ0n) is 17.6. The summed E-state index contributed by atoms with van der Waals surface area (Å²) in [5.74, 6) is -1.26. The number of anilines is 2. The van der Waals surface area contributed by atoms with Gasteiger partial charge in [0.1, 0.15) is 6.04 Å². The Labute approximate surface area is 191 Å². The predicted octanol–water partition coefficient (Wildman–Crippen LogP) is 4.38. The Bertz CT molecular complexity index is 1120. The predicted molar refractivity (Wildman–Crippen MR) is 125 cm³/mol. The fourth-order valence-corrected chi connectivity index (χ4v) is 3.22. The van der Waals surface area contributed by atoms with E-state index < -0.39 is 11.9 Å². The summed E-state index contributed by atoms with van der Waals surface area (Å²) in [6.45, 7) is 3.67. The third-order valence-electron chi connectivity index (χ3n) is 4.68. The van der Waals surface area contributed by atoms with Crippen LogP contribution in [0.2, 0.25) is 5.02 Å². The fourth-order valence-electron chi connectivity index (χ4n) is 3.00. The number of nitrogens with one attached hydrogen (secondary N) is 3. The van der Waals surface area contributed by atoms with Gasteiger partial charge in [-0.25, -0.2) is 0 Å². The molecular formula is C24H23ClN4O3. The van der Waals surface area contributed by atoms with Crippen LogP contribution in [0.15, 0.2) is 73.1 Å². The second kappa shape index (κ2) is 10.5. The quantitative estimate of drug-likeness (QED) is 0.497. The Kier molecular flexibility index (Phi) is 7.57. The maximum Gasteiger partial charge on any atom is 0.255 e. The first-order valence-corrected chi connectivity index (χ1v) is 10.4. The molecule has 1 unspecified atom stereocenters. The van der Waals surface area contributed by atoms with Gasteiger partial charge in [0.05, 0.1) is 10.6 Å². The number of aromatic nitrogens is 1. The van der Waals surface area contributed by atoms with Crippen molar-refractivity contribution in [1.82, 2.24) is 10.3 Å². The highest BCUT2D eigenvalue weighted by atomic mass is 35.5. The van der Waals surface area contributed by atoms with E-state index in [2.05, 4.69) is 20.9 Å². The highest BCUT2D eigenvalue weighted by molar-refractivity contribution is 6.33. The van der Waals surface area contributed by atoms with Crippen molar-refractivity contribution >= 4 is 40.7 Å². The Hall–Kier alpha value is -3.71. The van der Waals surface area contributed by atoms with Crippen LogP contribution < -0.4 is 16.0 Å². The molecule has 0 aliphatic carbocycles. The number of amides is 3. The number of hydrogen-bond acceptors (Lipinski definition) is 4. The molecule has 0 radical (unpaired) electrons. The third kappa shape index (κ3) is 5.92. The van der Waals surface area contributed by atoms with Gasteiger partial charge in [0.25, 0.3) is 11.8 Å². The first kappa shape index (κ1) is 23.0. The molecule has 3 amide bonds. The zero-order valence-corrected chi connectivity index (χ0v) is 18.4. The van der Waals surface area contributed by atoms with Gasteiger partial charge >= 0.3 is 0 Å². The van der Waals surface area contributed by atoms with E-state index in [0.29, 0.717) is 27.5 Å². The Morgan fingerprint density at radius 2 is 1.50 bits per heavy atom. The number of hydrogen-bond donors (Lipinski definition) is 3. The summed E-state index contributed by atoms with van der Waals surface area (Å²) >= 11 is 6.10. The average molecular weight is 451 g/mol. The third-order valence-corrected chi connectivity index (χ3v) is 5.01. The summed E-state index contributed by atoms with van der Waals surface area (Å²) in [5.41, 5.74) is 1.77. The number of carbonyl (C=O) groups excluding carboxylic acids is 3. The molecule has 3 rings (SSSR count). The summed E-state index contributed by atoms with van der Waals surface area (Å²) in [6.07, 6.45) is 3.07. The summed E-state index contributed by atoms with van der Waals surface area (Å²) < 4.78 is 0. The number of benzene rings is 2. The number of nitrogens with zero attached hydrogens (tertiary/aromatic N) is 1. The topological polar surface area (TPSA) is 100 Å². The second-order valence-corrected chi connectivity index (χ2v) is 7.84. The molecule has 0 saturated heterocycles. The molecule has 32 heavy (non-hydrogen) atoms.